The highest BCUT2D eigenvalue weighted by atomic mass is 16.7. The number of carbonyl (C=O) groups is 1. The molecule has 3 nitrogen and oxygen atoms in total. The smallest absolute Gasteiger partial charge is 0.246 e. The molecule has 0 aliphatic heterocycles. The second-order valence-corrected chi connectivity index (χ2v) is 4.81. The molecule has 1 aliphatic rings. The van der Waals surface area contributed by atoms with Gasteiger partial charge in [0.15, 0.2) is 0 Å². The fourth-order valence-corrected chi connectivity index (χ4v) is 1.11. The van der Waals surface area contributed by atoms with Gasteiger partial charge in [0.2, 0.25) is 5.91 Å². The zero-order valence-electron chi connectivity index (χ0n) is 8.89. The molecule has 0 aromatic carbocycles. The molecule has 1 rings (SSSR count). The SMILES string of the molecule is CC(C(=O)NOC(C)(C)C)C1CC1. The molecule has 13 heavy (non-hydrogen) atoms. The topological polar surface area (TPSA) is 38.3 Å². The Morgan fingerprint density at radius 3 is 2.38 bits per heavy atom. The lowest BCUT2D eigenvalue weighted by Crippen LogP contribution is -2.37. The van der Waals surface area contributed by atoms with Crippen LogP contribution in [0.2, 0.25) is 0 Å². The van der Waals surface area contributed by atoms with Gasteiger partial charge in [-0.05, 0) is 39.5 Å². The first kappa shape index (κ1) is 10.5. The molecule has 1 aliphatic carbocycles. The first-order valence-corrected chi connectivity index (χ1v) is 4.88. The van der Waals surface area contributed by atoms with Gasteiger partial charge in [0.25, 0.3) is 0 Å². The van der Waals surface area contributed by atoms with Crippen molar-refractivity contribution in [1.29, 1.82) is 0 Å². The maximum atomic E-state index is 11.4. The summed E-state index contributed by atoms with van der Waals surface area (Å²) in [6, 6.07) is 0. The molecular formula is C10H19NO2. The van der Waals surface area contributed by atoms with Crippen LogP contribution in [-0.4, -0.2) is 11.5 Å². The van der Waals surface area contributed by atoms with Gasteiger partial charge in [0.1, 0.15) is 0 Å². The van der Waals surface area contributed by atoms with E-state index in [0.29, 0.717) is 5.92 Å². The first-order chi connectivity index (χ1) is 5.90. The van der Waals surface area contributed by atoms with Gasteiger partial charge >= 0.3 is 0 Å². The molecule has 0 bridgehead atoms. The van der Waals surface area contributed by atoms with Crippen molar-refractivity contribution in [2.45, 2.75) is 46.1 Å². The van der Waals surface area contributed by atoms with E-state index in [1.165, 1.54) is 12.8 Å². The van der Waals surface area contributed by atoms with Gasteiger partial charge in [-0.15, -0.1) is 0 Å². The van der Waals surface area contributed by atoms with Gasteiger partial charge in [-0.3, -0.25) is 9.63 Å². The molecular weight excluding hydrogens is 166 g/mol. The Hall–Kier alpha value is -0.570. The fraction of sp³-hybridized carbons (Fsp3) is 0.900. The lowest BCUT2D eigenvalue weighted by Gasteiger charge is -2.20. The van der Waals surface area contributed by atoms with Crippen molar-refractivity contribution in [2.24, 2.45) is 11.8 Å². The van der Waals surface area contributed by atoms with Gasteiger partial charge < -0.3 is 0 Å². The number of nitrogens with one attached hydrogen (secondary N) is 1. The predicted octanol–water partition coefficient (Wildman–Crippen LogP) is 1.88. The molecule has 1 fully saturated rings. The van der Waals surface area contributed by atoms with E-state index in [2.05, 4.69) is 5.48 Å². The van der Waals surface area contributed by atoms with Crippen LogP contribution >= 0.6 is 0 Å². The van der Waals surface area contributed by atoms with Gasteiger partial charge in [0.05, 0.1) is 5.60 Å². The van der Waals surface area contributed by atoms with Gasteiger partial charge in [-0.2, -0.15) is 0 Å². The molecule has 0 aromatic heterocycles. The Bertz CT molecular complexity index is 192. The molecule has 1 unspecified atom stereocenters. The van der Waals surface area contributed by atoms with E-state index in [4.69, 9.17) is 4.84 Å². The molecule has 1 amide bonds. The minimum atomic E-state index is -0.307. The molecule has 3 heteroatoms. The summed E-state index contributed by atoms with van der Waals surface area (Å²) in [6.07, 6.45) is 2.37. The lowest BCUT2D eigenvalue weighted by molar-refractivity contribution is -0.149. The number of rotatable bonds is 3. The zero-order valence-corrected chi connectivity index (χ0v) is 8.89. The summed E-state index contributed by atoms with van der Waals surface area (Å²) in [5, 5.41) is 0. The summed E-state index contributed by atoms with van der Waals surface area (Å²) in [5.41, 5.74) is 2.20. The minimum absolute atomic E-state index is 0.0115. The summed E-state index contributed by atoms with van der Waals surface area (Å²) in [7, 11) is 0. The largest absolute Gasteiger partial charge is 0.272 e. The molecule has 1 N–H and O–H groups in total. The highest BCUT2D eigenvalue weighted by molar-refractivity contribution is 5.77. The average molecular weight is 185 g/mol. The zero-order chi connectivity index (χ0) is 10.1. The normalized spacial score (nSPS) is 19.7. The first-order valence-electron chi connectivity index (χ1n) is 4.88. The molecule has 0 radical (unpaired) electrons. The Balaban J connectivity index is 2.24. The predicted molar refractivity (Wildman–Crippen MR) is 50.9 cm³/mol. The molecule has 0 spiro atoms. The van der Waals surface area contributed by atoms with E-state index in [-0.39, 0.29) is 17.4 Å². The van der Waals surface area contributed by atoms with Crippen LogP contribution in [0, 0.1) is 11.8 Å². The Labute approximate surface area is 79.8 Å². The number of amides is 1. The van der Waals surface area contributed by atoms with Crippen LogP contribution in [0.25, 0.3) is 0 Å². The number of hydrogen-bond acceptors (Lipinski definition) is 2. The summed E-state index contributed by atoms with van der Waals surface area (Å²) >= 11 is 0. The van der Waals surface area contributed by atoms with E-state index < -0.39 is 0 Å². The maximum absolute atomic E-state index is 11.4. The molecule has 0 heterocycles. The van der Waals surface area contributed by atoms with E-state index in [1.807, 2.05) is 27.7 Å². The van der Waals surface area contributed by atoms with Crippen LogP contribution in [0.15, 0.2) is 0 Å². The molecule has 0 saturated heterocycles. The highest BCUT2D eigenvalue weighted by Gasteiger charge is 2.33. The monoisotopic (exact) mass is 185 g/mol. The van der Waals surface area contributed by atoms with Crippen molar-refractivity contribution in [3.8, 4) is 0 Å². The minimum Gasteiger partial charge on any atom is -0.272 e. The summed E-state index contributed by atoms with van der Waals surface area (Å²) in [4.78, 5) is 16.6. The van der Waals surface area contributed by atoms with Crippen LogP contribution < -0.4 is 5.48 Å². The molecule has 1 atom stereocenters. The van der Waals surface area contributed by atoms with Gasteiger partial charge in [0, 0.05) is 5.92 Å². The third-order valence-corrected chi connectivity index (χ3v) is 2.20. The van der Waals surface area contributed by atoms with Crippen molar-refractivity contribution in [1.82, 2.24) is 5.48 Å². The van der Waals surface area contributed by atoms with Crippen molar-refractivity contribution in [2.75, 3.05) is 0 Å². The van der Waals surface area contributed by atoms with E-state index >= 15 is 0 Å². The van der Waals surface area contributed by atoms with Crippen LogP contribution in [-0.2, 0) is 9.63 Å². The highest BCUT2D eigenvalue weighted by Crippen LogP contribution is 2.36. The lowest BCUT2D eigenvalue weighted by atomic mass is 10.1. The quantitative estimate of drug-likeness (QED) is 0.682. The van der Waals surface area contributed by atoms with Crippen molar-refractivity contribution in [3.05, 3.63) is 0 Å². The van der Waals surface area contributed by atoms with Crippen LogP contribution in [0.4, 0.5) is 0 Å². The average Bonchev–Trinajstić information content (AvgIpc) is 2.79. The standard InChI is InChI=1S/C10H19NO2/c1-7(8-5-6-8)9(12)11-13-10(2,3)4/h7-8H,5-6H2,1-4H3,(H,11,12). The number of carbonyl (C=O) groups excluding carboxylic acids is 1. The van der Waals surface area contributed by atoms with E-state index in [9.17, 15) is 4.79 Å². The van der Waals surface area contributed by atoms with Crippen molar-refractivity contribution < 1.29 is 9.63 Å². The van der Waals surface area contributed by atoms with Crippen LogP contribution in [0.5, 0.6) is 0 Å². The van der Waals surface area contributed by atoms with Crippen molar-refractivity contribution >= 4 is 5.91 Å². The molecule has 1 saturated carbocycles. The molecule has 76 valence electrons. The molecule has 0 aromatic rings. The summed E-state index contributed by atoms with van der Waals surface area (Å²) < 4.78 is 0. The summed E-state index contributed by atoms with van der Waals surface area (Å²) in [5.74, 6) is 0.698. The third kappa shape index (κ3) is 3.77. The van der Waals surface area contributed by atoms with Crippen LogP contribution in [0.1, 0.15) is 40.5 Å². The Morgan fingerprint density at radius 1 is 1.46 bits per heavy atom. The van der Waals surface area contributed by atoms with E-state index in [0.717, 1.165) is 0 Å². The Morgan fingerprint density at radius 2 is 2.00 bits per heavy atom. The third-order valence-electron chi connectivity index (χ3n) is 2.20. The van der Waals surface area contributed by atoms with Crippen LogP contribution in [0.3, 0.4) is 0 Å². The summed E-state index contributed by atoms with van der Waals surface area (Å²) in [6.45, 7) is 7.69. The number of hydrogen-bond donors (Lipinski definition) is 1. The Kier molecular flexibility index (Phi) is 2.96. The van der Waals surface area contributed by atoms with Gasteiger partial charge in [-0.1, -0.05) is 6.92 Å². The van der Waals surface area contributed by atoms with Gasteiger partial charge in [-0.25, -0.2) is 5.48 Å². The van der Waals surface area contributed by atoms with E-state index in [1.54, 1.807) is 0 Å². The maximum Gasteiger partial charge on any atom is 0.246 e. The number of hydroxylamine groups is 1. The second kappa shape index (κ2) is 3.66. The fourth-order valence-electron chi connectivity index (χ4n) is 1.11. The van der Waals surface area contributed by atoms with Crippen molar-refractivity contribution in [3.63, 3.8) is 0 Å². The second-order valence-electron chi connectivity index (χ2n) is 4.81.